The molecule has 290 valence electrons. The van der Waals surface area contributed by atoms with Gasteiger partial charge in [-0.3, -0.25) is 4.79 Å². The molecule has 1 aliphatic heterocycles. The number of hydrogen-bond acceptors (Lipinski definition) is 8. The largest absolute Gasteiger partial charge is 0.462 e. The van der Waals surface area contributed by atoms with E-state index in [-0.39, 0.29) is 42.4 Å². The van der Waals surface area contributed by atoms with Gasteiger partial charge in [-0.05, 0) is 105 Å². The molecule has 8 heteroatoms. The van der Waals surface area contributed by atoms with Crippen molar-refractivity contribution in [1.82, 2.24) is 0 Å². The predicted molar refractivity (Wildman–Crippen MR) is 207 cm³/mol. The van der Waals surface area contributed by atoms with Crippen LogP contribution in [0.15, 0.2) is 70.4 Å². The minimum Gasteiger partial charge on any atom is -0.462 e. The molecule has 0 aromatic heterocycles. The fraction of sp³-hybridized carbons (Fsp3) is 0.674. The summed E-state index contributed by atoms with van der Waals surface area (Å²) in [5.41, 5.74) is 5.19. The van der Waals surface area contributed by atoms with Crippen molar-refractivity contribution < 1.29 is 39.5 Å². The molecule has 9 atom stereocenters. The van der Waals surface area contributed by atoms with Crippen LogP contribution in [0.5, 0.6) is 0 Å². The van der Waals surface area contributed by atoms with Crippen LogP contribution in [-0.4, -0.2) is 69.0 Å². The number of esters is 2. The number of ether oxygens (including phenoxy) is 2. The third-order valence-corrected chi connectivity index (χ3v) is 9.53. The lowest BCUT2D eigenvalue weighted by atomic mass is 9.89. The lowest BCUT2D eigenvalue weighted by molar-refractivity contribution is -0.152. The standard InChI is InChI=1S/C43H70O8/c1-11-37(45)27-38(46)18-15-28(2)21-31(5)22-29(3)17-20-43(49)50-40-13-12-14-42(48)51-41(19-16-30(4)23-34(40)8)35(9)25-32(6)24-33(7)39(47)26-36(10)44/h15-17,20-22,24,33-41,44-47H,11-14,18-19,23,25-27H2,1-10H3. The van der Waals surface area contributed by atoms with Gasteiger partial charge in [0.05, 0.1) is 24.4 Å². The van der Waals surface area contributed by atoms with E-state index in [1.54, 1.807) is 13.0 Å². The van der Waals surface area contributed by atoms with Crippen molar-refractivity contribution in [1.29, 1.82) is 0 Å². The number of cyclic esters (lactones) is 1. The van der Waals surface area contributed by atoms with E-state index in [0.717, 1.165) is 40.7 Å². The Hall–Kier alpha value is -2.78. The Balaban J connectivity index is 2.87. The molecular formula is C43H70O8. The van der Waals surface area contributed by atoms with E-state index in [1.807, 2.05) is 65.8 Å². The molecule has 0 bridgehead atoms. The minimum absolute atomic E-state index is 0.0741. The van der Waals surface area contributed by atoms with Gasteiger partial charge in [0.25, 0.3) is 0 Å². The molecule has 51 heavy (non-hydrogen) atoms. The quantitative estimate of drug-likeness (QED) is 0.0511. The van der Waals surface area contributed by atoms with Gasteiger partial charge >= 0.3 is 11.9 Å². The van der Waals surface area contributed by atoms with E-state index >= 15 is 0 Å². The predicted octanol–water partition coefficient (Wildman–Crippen LogP) is 8.40. The van der Waals surface area contributed by atoms with Crippen LogP contribution in [0.25, 0.3) is 0 Å². The highest BCUT2D eigenvalue weighted by atomic mass is 16.5. The highest BCUT2D eigenvalue weighted by Gasteiger charge is 2.26. The summed E-state index contributed by atoms with van der Waals surface area (Å²) in [5, 5.41) is 39.8. The van der Waals surface area contributed by atoms with Crippen molar-refractivity contribution in [3.05, 3.63) is 70.4 Å². The number of aliphatic hydroxyl groups excluding tert-OH is 4. The maximum Gasteiger partial charge on any atom is 0.331 e. The number of carbonyl (C=O) groups excluding carboxylic acids is 2. The molecule has 1 heterocycles. The fourth-order valence-electron chi connectivity index (χ4n) is 6.56. The van der Waals surface area contributed by atoms with Crippen molar-refractivity contribution in [2.45, 2.75) is 170 Å². The van der Waals surface area contributed by atoms with Crippen LogP contribution in [0.3, 0.4) is 0 Å². The van der Waals surface area contributed by atoms with Gasteiger partial charge in [0, 0.05) is 24.8 Å². The Bertz CT molecular complexity index is 1250. The number of hydrogen-bond donors (Lipinski definition) is 4. The van der Waals surface area contributed by atoms with Crippen molar-refractivity contribution in [2.24, 2.45) is 17.8 Å². The van der Waals surface area contributed by atoms with Gasteiger partial charge < -0.3 is 29.9 Å². The summed E-state index contributed by atoms with van der Waals surface area (Å²) in [7, 11) is 0. The number of allylic oxidation sites excluding steroid dienone is 8. The topological polar surface area (TPSA) is 134 Å². The van der Waals surface area contributed by atoms with Gasteiger partial charge in [-0.25, -0.2) is 4.79 Å². The Morgan fingerprint density at radius 2 is 1.65 bits per heavy atom. The molecule has 0 fully saturated rings. The molecule has 8 nitrogen and oxygen atoms in total. The fourth-order valence-corrected chi connectivity index (χ4v) is 6.56. The molecule has 0 saturated carbocycles. The monoisotopic (exact) mass is 715 g/mol. The summed E-state index contributed by atoms with van der Waals surface area (Å²) in [6, 6.07) is 0. The molecule has 0 spiro atoms. The smallest absolute Gasteiger partial charge is 0.331 e. The highest BCUT2D eigenvalue weighted by Crippen LogP contribution is 2.27. The first-order valence-electron chi connectivity index (χ1n) is 19.1. The molecule has 4 N–H and O–H groups in total. The highest BCUT2D eigenvalue weighted by molar-refractivity contribution is 5.82. The summed E-state index contributed by atoms with van der Waals surface area (Å²) in [6.45, 7) is 19.7. The van der Waals surface area contributed by atoms with Crippen LogP contribution in [0.2, 0.25) is 0 Å². The summed E-state index contributed by atoms with van der Waals surface area (Å²) in [6.07, 6.45) is 15.8. The molecule has 0 aliphatic carbocycles. The van der Waals surface area contributed by atoms with Gasteiger partial charge in [0.15, 0.2) is 0 Å². The number of rotatable bonds is 17. The summed E-state index contributed by atoms with van der Waals surface area (Å²) < 4.78 is 11.9. The van der Waals surface area contributed by atoms with Gasteiger partial charge in [0.2, 0.25) is 0 Å². The van der Waals surface area contributed by atoms with Crippen LogP contribution in [0.4, 0.5) is 0 Å². The molecular weight excluding hydrogens is 644 g/mol. The van der Waals surface area contributed by atoms with Crippen molar-refractivity contribution in [3.8, 4) is 0 Å². The third-order valence-electron chi connectivity index (χ3n) is 9.53. The van der Waals surface area contributed by atoms with E-state index < -0.39 is 30.4 Å². The SMILES string of the molecule is CCC(O)CC(O)CC=C(C)C=C(C)C=C(C)C=CC(=O)OC1CCCC(=O)OC(C(C)CC(C)=CC(C)C(O)CC(C)O)CC=C(C)CC1C. The first kappa shape index (κ1) is 46.2. The van der Waals surface area contributed by atoms with Gasteiger partial charge in [-0.15, -0.1) is 0 Å². The van der Waals surface area contributed by atoms with Crippen LogP contribution < -0.4 is 0 Å². The van der Waals surface area contributed by atoms with E-state index in [0.29, 0.717) is 44.9 Å². The van der Waals surface area contributed by atoms with Crippen LogP contribution >= 0.6 is 0 Å². The second kappa shape index (κ2) is 24.5. The van der Waals surface area contributed by atoms with Crippen LogP contribution in [0.1, 0.15) is 133 Å². The maximum absolute atomic E-state index is 12.9. The van der Waals surface area contributed by atoms with Crippen LogP contribution in [0, 0.1) is 17.8 Å². The zero-order chi connectivity index (χ0) is 38.7. The molecule has 0 radical (unpaired) electrons. The zero-order valence-corrected chi connectivity index (χ0v) is 33.2. The molecule has 0 aromatic carbocycles. The molecule has 1 aliphatic rings. The second-order valence-corrected chi connectivity index (χ2v) is 15.3. The third kappa shape index (κ3) is 20.7. The number of carbonyl (C=O) groups is 2. The molecule has 0 saturated heterocycles. The first-order valence-corrected chi connectivity index (χ1v) is 19.1. The van der Waals surface area contributed by atoms with Crippen LogP contribution in [-0.2, 0) is 19.1 Å². The van der Waals surface area contributed by atoms with Gasteiger partial charge in [-0.2, -0.15) is 0 Å². The Labute approximate surface area is 309 Å². The van der Waals surface area contributed by atoms with Crippen molar-refractivity contribution >= 4 is 11.9 Å². The first-order chi connectivity index (χ1) is 23.9. The second-order valence-electron chi connectivity index (χ2n) is 15.3. The lowest BCUT2D eigenvalue weighted by Gasteiger charge is -2.27. The Morgan fingerprint density at radius 1 is 0.980 bits per heavy atom. The molecule has 0 amide bonds. The average Bonchev–Trinajstić information content (AvgIpc) is 3.02. The molecule has 1 rings (SSSR count). The van der Waals surface area contributed by atoms with Crippen molar-refractivity contribution in [3.63, 3.8) is 0 Å². The summed E-state index contributed by atoms with van der Waals surface area (Å²) in [4.78, 5) is 25.9. The van der Waals surface area contributed by atoms with E-state index in [4.69, 9.17) is 9.47 Å². The summed E-state index contributed by atoms with van der Waals surface area (Å²) >= 11 is 0. The van der Waals surface area contributed by atoms with Gasteiger partial charge in [0.1, 0.15) is 12.2 Å². The van der Waals surface area contributed by atoms with Gasteiger partial charge in [-0.1, -0.05) is 92.0 Å². The molecule has 9 unspecified atom stereocenters. The summed E-state index contributed by atoms with van der Waals surface area (Å²) in [5.74, 6) is -0.597. The number of aliphatic hydroxyl groups is 4. The lowest BCUT2D eigenvalue weighted by Crippen LogP contribution is -2.28. The molecule has 0 aromatic rings. The minimum atomic E-state index is -0.614. The maximum atomic E-state index is 12.9. The van der Waals surface area contributed by atoms with E-state index in [1.165, 1.54) is 6.08 Å². The normalized spacial score (nSPS) is 24.4. The Kier molecular flexibility index (Phi) is 22.2. The van der Waals surface area contributed by atoms with E-state index in [9.17, 15) is 30.0 Å². The zero-order valence-electron chi connectivity index (χ0n) is 33.2. The van der Waals surface area contributed by atoms with Crippen molar-refractivity contribution in [2.75, 3.05) is 0 Å². The Morgan fingerprint density at radius 3 is 2.29 bits per heavy atom. The average molecular weight is 715 g/mol. The van der Waals surface area contributed by atoms with E-state index in [2.05, 4.69) is 26.8 Å².